The summed E-state index contributed by atoms with van der Waals surface area (Å²) in [6, 6.07) is 16.0. The van der Waals surface area contributed by atoms with Crippen molar-refractivity contribution in [2.45, 2.75) is 32.1 Å². The number of ether oxygens (including phenoxy) is 2. The van der Waals surface area contributed by atoms with Crippen molar-refractivity contribution in [1.29, 1.82) is 0 Å². The standard InChI is InChI=1S/C12H17IO2.C8H8ClIO.C3H9NO/c13-11-5-7-12(8-6-11)15-10-4-2-1-3-9-14;9-5-6-11-8-3-1-7(10)2-4-8;4-2-1-3-5/h5-8,14H,1-4,9-10H2;1-4H,5-6H2;5H,1-4H2. The number of hydrogen-bond acceptors (Lipinski definition) is 5. The maximum absolute atomic E-state index is 8.59. The third-order valence-electron chi connectivity index (χ3n) is 3.66. The van der Waals surface area contributed by atoms with E-state index in [0.29, 0.717) is 25.6 Å². The third-order valence-corrected chi connectivity index (χ3v) is 5.25. The topological polar surface area (TPSA) is 84.9 Å². The van der Waals surface area contributed by atoms with Gasteiger partial charge in [0.15, 0.2) is 0 Å². The Hall–Kier alpha value is -0.330. The molecule has 0 radical (unpaired) electrons. The van der Waals surface area contributed by atoms with E-state index in [9.17, 15) is 0 Å². The van der Waals surface area contributed by atoms with Crippen LogP contribution >= 0.6 is 56.8 Å². The smallest absolute Gasteiger partial charge is 0.119 e. The lowest BCUT2D eigenvalue weighted by Crippen LogP contribution is -1.99. The molecular formula is C23H34ClI2NO4. The first-order valence-corrected chi connectivity index (χ1v) is 13.0. The van der Waals surface area contributed by atoms with E-state index in [1.165, 1.54) is 7.14 Å². The molecule has 0 aliphatic rings. The average molecular weight is 678 g/mol. The Labute approximate surface area is 218 Å². The summed E-state index contributed by atoms with van der Waals surface area (Å²) < 4.78 is 13.3. The first kappa shape index (κ1) is 30.7. The summed E-state index contributed by atoms with van der Waals surface area (Å²) in [4.78, 5) is 0. The minimum atomic E-state index is 0.219. The molecule has 5 nitrogen and oxygen atoms in total. The van der Waals surface area contributed by atoms with E-state index < -0.39 is 0 Å². The van der Waals surface area contributed by atoms with E-state index in [2.05, 4.69) is 45.2 Å². The van der Waals surface area contributed by atoms with Gasteiger partial charge in [0.05, 0.1) is 12.5 Å². The molecule has 0 unspecified atom stereocenters. The van der Waals surface area contributed by atoms with E-state index in [1.807, 2.05) is 48.5 Å². The van der Waals surface area contributed by atoms with Crippen LogP contribution in [-0.4, -0.2) is 49.1 Å². The third kappa shape index (κ3) is 20.0. The van der Waals surface area contributed by atoms with E-state index in [4.69, 9.17) is 37.0 Å². The summed E-state index contributed by atoms with van der Waals surface area (Å²) in [5, 5.41) is 16.6. The highest BCUT2D eigenvalue weighted by atomic mass is 127. The number of rotatable bonds is 12. The molecule has 2 rings (SSSR count). The Balaban J connectivity index is 0.000000492. The molecule has 2 aromatic rings. The summed E-state index contributed by atoms with van der Waals surface area (Å²) >= 11 is 9.99. The molecule has 0 heterocycles. The molecular weight excluding hydrogens is 644 g/mol. The Morgan fingerprint density at radius 2 is 1.13 bits per heavy atom. The number of halogens is 3. The molecule has 0 saturated carbocycles. The lowest BCUT2D eigenvalue weighted by molar-refractivity contribution is 0.273. The Morgan fingerprint density at radius 3 is 1.52 bits per heavy atom. The van der Waals surface area contributed by atoms with E-state index >= 15 is 0 Å². The number of alkyl halides is 1. The van der Waals surface area contributed by atoms with Crippen molar-refractivity contribution in [3.63, 3.8) is 0 Å². The van der Waals surface area contributed by atoms with Crippen LogP contribution in [0.15, 0.2) is 48.5 Å². The fourth-order valence-corrected chi connectivity index (χ4v) is 2.86. The molecule has 0 aromatic heterocycles. The first-order valence-electron chi connectivity index (χ1n) is 10.3. The van der Waals surface area contributed by atoms with Gasteiger partial charge in [0.1, 0.15) is 18.1 Å². The molecule has 4 N–H and O–H groups in total. The second-order valence-electron chi connectivity index (χ2n) is 6.30. The average Bonchev–Trinajstić information content (AvgIpc) is 2.78. The fourth-order valence-electron chi connectivity index (χ4n) is 2.07. The van der Waals surface area contributed by atoms with Gasteiger partial charge in [0.25, 0.3) is 0 Å². The van der Waals surface area contributed by atoms with Gasteiger partial charge in [0.2, 0.25) is 0 Å². The van der Waals surface area contributed by atoms with Gasteiger partial charge in [-0.2, -0.15) is 0 Å². The van der Waals surface area contributed by atoms with Crippen LogP contribution in [0.3, 0.4) is 0 Å². The van der Waals surface area contributed by atoms with E-state index in [-0.39, 0.29) is 6.61 Å². The van der Waals surface area contributed by atoms with E-state index in [1.54, 1.807) is 0 Å². The molecule has 0 aliphatic heterocycles. The van der Waals surface area contributed by atoms with Crippen molar-refractivity contribution >= 4 is 56.8 Å². The maximum Gasteiger partial charge on any atom is 0.119 e. The molecule has 8 heteroatoms. The highest BCUT2D eigenvalue weighted by molar-refractivity contribution is 14.1. The quantitative estimate of drug-likeness (QED) is 0.158. The van der Waals surface area contributed by atoms with Crippen molar-refractivity contribution in [1.82, 2.24) is 0 Å². The van der Waals surface area contributed by atoms with Crippen LogP contribution in [0, 0.1) is 7.14 Å². The van der Waals surface area contributed by atoms with Crippen LogP contribution in [0.5, 0.6) is 11.5 Å². The predicted octanol–water partition coefficient (Wildman–Crippen LogP) is 5.46. The van der Waals surface area contributed by atoms with Crippen LogP contribution in [0.4, 0.5) is 0 Å². The van der Waals surface area contributed by atoms with Crippen LogP contribution < -0.4 is 15.2 Å². The zero-order valence-electron chi connectivity index (χ0n) is 17.8. The molecule has 0 amide bonds. The van der Waals surface area contributed by atoms with E-state index in [0.717, 1.165) is 50.2 Å². The van der Waals surface area contributed by atoms with Crippen LogP contribution in [0.1, 0.15) is 32.1 Å². The summed E-state index contributed by atoms with van der Waals surface area (Å²) in [5.41, 5.74) is 4.98. The van der Waals surface area contributed by atoms with Gasteiger partial charge in [-0.1, -0.05) is 6.42 Å². The van der Waals surface area contributed by atoms with Gasteiger partial charge in [-0.3, -0.25) is 0 Å². The molecule has 0 spiro atoms. The van der Waals surface area contributed by atoms with Crippen LogP contribution in [0.25, 0.3) is 0 Å². The van der Waals surface area contributed by atoms with Crippen LogP contribution in [0.2, 0.25) is 0 Å². The SMILES string of the molecule is ClCCOc1ccc(I)cc1.NCCCO.OCCCCCCOc1ccc(I)cc1. The number of hydrogen-bond donors (Lipinski definition) is 3. The van der Waals surface area contributed by atoms with Crippen molar-refractivity contribution in [3.8, 4) is 11.5 Å². The first-order chi connectivity index (χ1) is 15.1. The number of nitrogens with two attached hydrogens (primary N) is 1. The number of unbranched alkanes of at least 4 members (excludes halogenated alkanes) is 3. The molecule has 0 saturated heterocycles. The summed E-state index contributed by atoms with van der Waals surface area (Å²) in [6.45, 7) is 2.46. The highest BCUT2D eigenvalue weighted by Crippen LogP contribution is 2.14. The summed E-state index contributed by atoms with van der Waals surface area (Å²) in [7, 11) is 0. The minimum absolute atomic E-state index is 0.219. The minimum Gasteiger partial charge on any atom is -0.494 e. The zero-order valence-corrected chi connectivity index (χ0v) is 22.9. The predicted molar refractivity (Wildman–Crippen MR) is 146 cm³/mol. The molecule has 0 fully saturated rings. The van der Waals surface area contributed by atoms with Gasteiger partial charge in [-0.25, -0.2) is 0 Å². The molecule has 0 aliphatic carbocycles. The lowest BCUT2D eigenvalue weighted by atomic mass is 10.2. The second-order valence-corrected chi connectivity index (χ2v) is 9.17. The largest absolute Gasteiger partial charge is 0.494 e. The molecule has 2 aromatic carbocycles. The monoisotopic (exact) mass is 677 g/mol. The number of aliphatic hydroxyl groups is 2. The molecule has 0 atom stereocenters. The van der Waals surface area contributed by atoms with Gasteiger partial charge in [0, 0.05) is 20.4 Å². The van der Waals surface area contributed by atoms with Crippen molar-refractivity contribution < 1.29 is 19.7 Å². The van der Waals surface area contributed by atoms with Gasteiger partial charge >= 0.3 is 0 Å². The number of benzene rings is 2. The van der Waals surface area contributed by atoms with Gasteiger partial charge in [-0.15, -0.1) is 11.6 Å². The normalized spacial score (nSPS) is 9.74. The highest BCUT2D eigenvalue weighted by Gasteiger charge is 1.94. The van der Waals surface area contributed by atoms with Crippen molar-refractivity contribution in [2.24, 2.45) is 5.73 Å². The fraction of sp³-hybridized carbons (Fsp3) is 0.478. The van der Waals surface area contributed by atoms with Crippen molar-refractivity contribution in [3.05, 3.63) is 55.7 Å². The molecule has 0 bridgehead atoms. The lowest BCUT2D eigenvalue weighted by Gasteiger charge is -2.05. The zero-order chi connectivity index (χ0) is 23.2. The van der Waals surface area contributed by atoms with Crippen LogP contribution in [-0.2, 0) is 0 Å². The second kappa shape index (κ2) is 22.8. The van der Waals surface area contributed by atoms with Gasteiger partial charge in [-0.05, 0) is 126 Å². The summed E-state index contributed by atoms with van der Waals surface area (Å²) in [6.07, 6.45) is 4.91. The van der Waals surface area contributed by atoms with Crippen molar-refractivity contribution in [2.75, 3.05) is 38.9 Å². The summed E-state index contributed by atoms with van der Waals surface area (Å²) in [5.74, 6) is 2.36. The Morgan fingerprint density at radius 1 is 0.677 bits per heavy atom. The molecule has 176 valence electrons. The maximum atomic E-state index is 8.59. The van der Waals surface area contributed by atoms with Gasteiger partial charge < -0.3 is 25.4 Å². The molecule has 31 heavy (non-hydrogen) atoms. The Bertz CT molecular complexity index is 628. The number of aliphatic hydroxyl groups excluding tert-OH is 2. The Kier molecular flexibility index (Phi) is 22.6.